The first-order valence-corrected chi connectivity index (χ1v) is 10.1. The van der Waals surface area contributed by atoms with Gasteiger partial charge in [-0.15, -0.1) is 0 Å². The highest BCUT2D eigenvalue weighted by molar-refractivity contribution is 9.10. The Hall–Kier alpha value is -1.86. The number of ether oxygens (including phenoxy) is 2. The van der Waals surface area contributed by atoms with Gasteiger partial charge in [0.2, 0.25) is 5.75 Å². The molecule has 0 N–H and O–H groups in total. The molecule has 0 aliphatic carbocycles. The second-order valence-electron chi connectivity index (χ2n) is 6.37. The SMILES string of the molecule is CCCCn1cc(OCOCc2ccc(Br)cc2)c(=O)n(CCCC)c1=O. The molecule has 7 heteroatoms. The van der Waals surface area contributed by atoms with Gasteiger partial charge >= 0.3 is 5.69 Å². The van der Waals surface area contributed by atoms with Gasteiger partial charge < -0.3 is 9.47 Å². The third kappa shape index (κ3) is 6.36. The predicted molar refractivity (Wildman–Crippen MR) is 109 cm³/mol. The minimum atomic E-state index is -0.395. The average molecular weight is 439 g/mol. The van der Waals surface area contributed by atoms with Crippen LogP contribution in [-0.2, 0) is 24.4 Å². The molecule has 0 aliphatic rings. The Kier molecular flexibility index (Phi) is 8.81. The van der Waals surface area contributed by atoms with Crippen LogP contribution in [0.4, 0.5) is 0 Å². The van der Waals surface area contributed by atoms with Crippen LogP contribution in [0.3, 0.4) is 0 Å². The molecule has 0 saturated heterocycles. The van der Waals surface area contributed by atoms with E-state index in [0.717, 1.165) is 35.7 Å². The van der Waals surface area contributed by atoms with Crippen molar-refractivity contribution in [2.45, 2.75) is 59.2 Å². The zero-order chi connectivity index (χ0) is 19.6. The molecule has 0 unspecified atom stereocenters. The minimum absolute atomic E-state index is 0.0505. The zero-order valence-electron chi connectivity index (χ0n) is 15.9. The summed E-state index contributed by atoms with van der Waals surface area (Å²) in [5.41, 5.74) is 0.341. The Labute approximate surface area is 167 Å². The van der Waals surface area contributed by atoms with E-state index >= 15 is 0 Å². The Balaban J connectivity index is 2.08. The average Bonchev–Trinajstić information content (AvgIpc) is 2.67. The molecule has 0 spiro atoms. The van der Waals surface area contributed by atoms with Crippen LogP contribution in [0.1, 0.15) is 45.1 Å². The maximum Gasteiger partial charge on any atom is 0.331 e. The Morgan fingerprint density at radius 1 is 1.00 bits per heavy atom. The van der Waals surface area contributed by atoms with Gasteiger partial charge in [0.25, 0.3) is 5.56 Å². The summed E-state index contributed by atoms with van der Waals surface area (Å²) < 4.78 is 14.9. The maximum absolute atomic E-state index is 12.6. The summed E-state index contributed by atoms with van der Waals surface area (Å²) in [4.78, 5) is 25.1. The van der Waals surface area contributed by atoms with E-state index in [-0.39, 0.29) is 18.2 Å². The van der Waals surface area contributed by atoms with Gasteiger partial charge in [-0.1, -0.05) is 54.8 Å². The monoisotopic (exact) mass is 438 g/mol. The quantitative estimate of drug-likeness (QED) is 0.393. The van der Waals surface area contributed by atoms with E-state index in [9.17, 15) is 9.59 Å². The minimum Gasteiger partial charge on any atom is -0.460 e. The molecule has 2 aromatic rings. The molecule has 148 valence electrons. The summed E-state index contributed by atoms with van der Waals surface area (Å²) >= 11 is 3.39. The summed E-state index contributed by atoms with van der Waals surface area (Å²) in [6, 6.07) is 7.78. The molecule has 1 heterocycles. The van der Waals surface area contributed by atoms with Crippen LogP contribution in [0.15, 0.2) is 44.5 Å². The van der Waals surface area contributed by atoms with Gasteiger partial charge in [0.05, 0.1) is 12.8 Å². The van der Waals surface area contributed by atoms with Crippen LogP contribution in [0.2, 0.25) is 0 Å². The van der Waals surface area contributed by atoms with Crippen molar-refractivity contribution < 1.29 is 9.47 Å². The fraction of sp³-hybridized carbons (Fsp3) is 0.500. The number of nitrogens with zero attached hydrogens (tertiary/aromatic N) is 2. The first-order valence-electron chi connectivity index (χ1n) is 9.36. The van der Waals surface area contributed by atoms with Crippen LogP contribution >= 0.6 is 15.9 Å². The lowest BCUT2D eigenvalue weighted by Gasteiger charge is -2.13. The number of benzene rings is 1. The molecule has 0 atom stereocenters. The lowest BCUT2D eigenvalue weighted by molar-refractivity contribution is 0.00340. The third-order valence-electron chi connectivity index (χ3n) is 4.17. The highest BCUT2D eigenvalue weighted by atomic mass is 79.9. The molecule has 2 rings (SSSR count). The van der Waals surface area contributed by atoms with E-state index in [1.165, 1.54) is 10.8 Å². The van der Waals surface area contributed by atoms with Crippen LogP contribution in [0.25, 0.3) is 0 Å². The molecule has 1 aromatic carbocycles. The normalized spacial score (nSPS) is 10.9. The fourth-order valence-electron chi connectivity index (χ4n) is 2.57. The Bertz CT molecular complexity index is 827. The standard InChI is InChI=1S/C20H27BrN2O4/c1-3-5-11-22-13-18(19(24)23(20(22)25)12-6-4-2)27-15-26-14-16-7-9-17(21)10-8-16/h7-10,13H,3-6,11-12,14-15H2,1-2H3. The highest BCUT2D eigenvalue weighted by Crippen LogP contribution is 2.11. The molecule has 27 heavy (non-hydrogen) atoms. The number of aryl methyl sites for hydroxylation is 1. The molecule has 6 nitrogen and oxygen atoms in total. The summed E-state index contributed by atoms with van der Waals surface area (Å²) in [5.74, 6) is 0.151. The van der Waals surface area contributed by atoms with E-state index in [2.05, 4.69) is 22.9 Å². The van der Waals surface area contributed by atoms with Gasteiger partial charge in [0.1, 0.15) is 0 Å². The van der Waals surface area contributed by atoms with Crippen LogP contribution in [0, 0.1) is 0 Å². The first kappa shape index (κ1) is 21.4. The molecule has 0 saturated carbocycles. The number of hydrogen-bond donors (Lipinski definition) is 0. The second kappa shape index (κ2) is 11.1. The predicted octanol–water partition coefficient (Wildman–Crippen LogP) is 3.93. The van der Waals surface area contributed by atoms with Crippen molar-refractivity contribution in [2.24, 2.45) is 0 Å². The summed E-state index contributed by atoms with van der Waals surface area (Å²) in [6.07, 6.45) is 5.01. The van der Waals surface area contributed by atoms with E-state index in [1.54, 1.807) is 4.57 Å². The van der Waals surface area contributed by atoms with E-state index in [0.29, 0.717) is 19.7 Å². The molecule has 0 radical (unpaired) electrons. The van der Waals surface area contributed by atoms with Gasteiger partial charge in [-0.05, 0) is 30.5 Å². The second-order valence-corrected chi connectivity index (χ2v) is 7.29. The number of rotatable bonds is 11. The van der Waals surface area contributed by atoms with Crippen molar-refractivity contribution in [2.75, 3.05) is 6.79 Å². The number of unbranched alkanes of at least 4 members (excludes halogenated alkanes) is 2. The van der Waals surface area contributed by atoms with Crippen LogP contribution < -0.4 is 16.0 Å². The van der Waals surface area contributed by atoms with Gasteiger partial charge in [0.15, 0.2) is 6.79 Å². The highest BCUT2D eigenvalue weighted by Gasteiger charge is 2.12. The van der Waals surface area contributed by atoms with E-state index in [1.807, 2.05) is 31.2 Å². The van der Waals surface area contributed by atoms with Crippen LogP contribution in [-0.4, -0.2) is 15.9 Å². The van der Waals surface area contributed by atoms with Gasteiger partial charge in [-0.25, -0.2) is 4.79 Å². The molecule has 0 amide bonds. The van der Waals surface area contributed by atoms with Crippen molar-refractivity contribution in [3.05, 3.63) is 61.3 Å². The van der Waals surface area contributed by atoms with Crippen molar-refractivity contribution in [1.29, 1.82) is 0 Å². The van der Waals surface area contributed by atoms with Crippen molar-refractivity contribution in [3.8, 4) is 5.75 Å². The molecular weight excluding hydrogens is 412 g/mol. The lowest BCUT2D eigenvalue weighted by Crippen LogP contribution is -2.40. The van der Waals surface area contributed by atoms with Crippen molar-refractivity contribution in [1.82, 2.24) is 9.13 Å². The molecule has 0 aliphatic heterocycles. The Morgan fingerprint density at radius 2 is 1.67 bits per heavy atom. The first-order chi connectivity index (χ1) is 13.1. The Morgan fingerprint density at radius 3 is 2.33 bits per heavy atom. The lowest BCUT2D eigenvalue weighted by atomic mass is 10.2. The maximum atomic E-state index is 12.6. The number of aromatic nitrogens is 2. The molecule has 1 aromatic heterocycles. The number of hydrogen-bond acceptors (Lipinski definition) is 4. The largest absolute Gasteiger partial charge is 0.460 e. The molecule has 0 bridgehead atoms. The molecule has 0 fully saturated rings. The van der Waals surface area contributed by atoms with E-state index < -0.39 is 5.56 Å². The summed E-state index contributed by atoms with van der Waals surface area (Å²) in [6.45, 7) is 5.38. The van der Waals surface area contributed by atoms with Crippen LogP contribution in [0.5, 0.6) is 5.75 Å². The smallest absolute Gasteiger partial charge is 0.331 e. The van der Waals surface area contributed by atoms with Gasteiger partial charge in [0, 0.05) is 17.6 Å². The fourth-order valence-corrected chi connectivity index (χ4v) is 2.84. The summed E-state index contributed by atoms with van der Waals surface area (Å²) in [7, 11) is 0. The third-order valence-corrected chi connectivity index (χ3v) is 4.70. The van der Waals surface area contributed by atoms with Crippen molar-refractivity contribution >= 4 is 15.9 Å². The molecular formula is C20H27BrN2O4. The number of halogens is 1. The summed E-state index contributed by atoms with van der Waals surface area (Å²) in [5, 5.41) is 0. The zero-order valence-corrected chi connectivity index (χ0v) is 17.5. The van der Waals surface area contributed by atoms with E-state index in [4.69, 9.17) is 9.47 Å². The van der Waals surface area contributed by atoms with Gasteiger partial charge in [-0.2, -0.15) is 0 Å². The topological polar surface area (TPSA) is 62.5 Å². The van der Waals surface area contributed by atoms with Gasteiger partial charge in [-0.3, -0.25) is 13.9 Å². The van der Waals surface area contributed by atoms with Crippen molar-refractivity contribution in [3.63, 3.8) is 0 Å².